The van der Waals surface area contributed by atoms with Crippen LogP contribution in [0.2, 0.25) is 0 Å². The Bertz CT molecular complexity index is 813. The second-order valence-electron chi connectivity index (χ2n) is 9.12. The highest BCUT2D eigenvalue weighted by atomic mass is 16.7. The maximum absolute atomic E-state index is 6.54. The van der Waals surface area contributed by atoms with Gasteiger partial charge in [0.05, 0.1) is 5.60 Å². The minimum absolute atomic E-state index is 0.116. The van der Waals surface area contributed by atoms with E-state index in [1.54, 1.807) is 18.2 Å². The zero-order chi connectivity index (χ0) is 19.7. The molecule has 3 aliphatic rings. The van der Waals surface area contributed by atoms with E-state index in [0.29, 0.717) is 12.1 Å². The Balaban J connectivity index is 1.23. The van der Waals surface area contributed by atoms with Crippen LogP contribution in [0.3, 0.4) is 0 Å². The molecule has 154 valence electrons. The quantitative estimate of drug-likeness (QED) is 0.755. The summed E-state index contributed by atoms with van der Waals surface area (Å²) in [6, 6.07) is 19.0. The van der Waals surface area contributed by atoms with E-state index in [-0.39, 0.29) is 11.9 Å². The van der Waals surface area contributed by atoms with Gasteiger partial charge in [-0.25, -0.2) is 0 Å². The number of methoxy groups -OCH3 is 1. The fourth-order valence-electron chi connectivity index (χ4n) is 5.80. The first-order chi connectivity index (χ1) is 14.3. The van der Waals surface area contributed by atoms with Gasteiger partial charge < -0.3 is 14.8 Å². The van der Waals surface area contributed by atoms with E-state index in [1.807, 2.05) is 0 Å². The van der Waals surface area contributed by atoms with Gasteiger partial charge in [-0.3, -0.25) is 0 Å². The van der Waals surface area contributed by atoms with Gasteiger partial charge in [-0.15, -0.1) is 0 Å². The van der Waals surface area contributed by atoms with Crippen molar-refractivity contribution in [3.05, 3.63) is 70.8 Å². The molecule has 0 unspecified atom stereocenters. The molecule has 0 radical (unpaired) electrons. The van der Waals surface area contributed by atoms with E-state index in [0.717, 1.165) is 19.3 Å². The van der Waals surface area contributed by atoms with Crippen LogP contribution in [0.15, 0.2) is 48.5 Å². The third kappa shape index (κ3) is 3.88. The summed E-state index contributed by atoms with van der Waals surface area (Å²) in [5, 5.41) is 4.02. The van der Waals surface area contributed by atoms with Gasteiger partial charge in [0, 0.05) is 25.6 Å². The monoisotopic (exact) mass is 391 g/mol. The molecule has 1 N–H and O–H groups in total. The summed E-state index contributed by atoms with van der Waals surface area (Å²) in [4.78, 5) is 0. The lowest BCUT2D eigenvalue weighted by Gasteiger charge is -2.46. The molecule has 0 amide bonds. The number of hydrogen-bond donors (Lipinski definition) is 1. The molecule has 1 saturated carbocycles. The molecular formula is C26H33NO2. The largest absolute Gasteiger partial charge is 0.356 e. The molecule has 5 rings (SSSR count). The molecule has 2 aliphatic carbocycles. The van der Waals surface area contributed by atoms with Crippen molar-refractivity contribution in [3.63, 3.8) is 0 Å². The Morgan fingerprint density at radius 1 is 0.828 bits per heavy atom. The van der Waals surface area contributed by atoms with Gasteiger partial charge in [-0.2, -0.15) is 0 Å². The van der Waals surface area contributed by atoms with Crippen molar-refractivity contribution in [2.24, 2.45) is 0 Å². The highest BCUT2D eigenvalue weighted by molar-refractivity contribution is 5.35. The van der Waals surface area contributed by atoms with Gasteiger partial charge in [0.2, 0.25) is 0 Å². The average molecular weight is 392 g/mol. The minimum Gasteiger partial charge on any atom is -0.356 e. The molecule has 2 aromatic rings. The zero-order valence-corrected chi connectivity index (χ0v) is 17.5. The first-order valence-corrected chi connectivity index (χ1v) is 11.4. The zero-order valence-electron chi connectivity index (χ0n) is 17.5. The molecule has 3 heteroatoms. The van der Waals surface area contributed by atoms with E-state index >= 15 is 0 Å². The topological polar surface area (TPSA) is 30.5 Å². The van der Waals surface area contributed by atoms with Crippen molar-refractivity contribution in [3.8, 4) is 0 Å². The molecule has 2 aromatic carbocycles. The molecule has 3 nitrogen and oxygen atoms in total. The van der Waals surface area contributed by atoms with Gasteiger partial charge >= 0.3 is 0 Å². The number of fused-ring (bicyclic) bond motifs is 3. The number of hydrogen-bond acceptors (Lipinski definition) is 3. The lowest BCUT2D eigenvalue weighted by molar-refractivity contribution is -0.224. The molecular weight excluding hydrogens is 358 g/mol. The predicted molar refractivity (Wildman–Crippen MR) is 116 cm³/mol. The lowest BCUT2D eigenvalue weighted by Crippen LogP contribution is -2.48. The molecule has 1 aliphatic heterocycles. The molecule has 0 saturated heterocycles. The minimum atomic E-state index is -0.159. The highest BCUT2D eigenvalue weighted by Crippen LogP contribution is 2.46. The fraction of sp³-hybridized carbons (Fsp3) is 0.538. The normalized spacial score (nSPS) is 29.8. The molecule has 29 heavy (non-hydrogen) atoms. The van der Waals surface area contributed by atoms with Crippen LogP contribution in [0.5, 0.6) is 0 Å². The van der Waals surface area contributed by atoms with E-state index < -0.39 is 0 Å². The van der Waals surface area contributed by atoms with Crippen molar-refractivity contribution in [1.29, 1.82) is 0 Å². The van der Waals surface area contributed by atoms with E-state index in [1.165, 1.54) is 49.7 Å². The molecule has 0 aromatic heterocycles. The second kappa shape index (κ2) is 8.22. The summed E-state index contributed by atoms with van der Waals surface area (Å²) < 4.78 is 12.2. The van der Waals surface area contributed by atoms with Crippen LogP contribution in [-0.2, 0) is 34.3 Å². The lowest BCUT2D eigenvalue weighted by atomic mass is 9.74. The summed E-state index contributed by atoms with van der Waals surface area (Å²) in [6.45, 7) is 0. The maximum Gasteiger partial charge on any atom is 0.162 e. The molecule has 1 fully saturated rings. The first-order valence-electron chi connectivity index (χ1n) is 11.4. The Labute approximate surface area is 174 Å². The Kier molecular flexibility index (Phi) is 5.47. The predicted octanol–water partition coefficient (Wildman–Crippen LogP) is 4.91. The number of benzene rings is 2. The first kappa shape index (κ1) is 19.3. The Hall–Kier alpha value is -1.68. The van der Waals surface area contributed by atoms with Crippen LogP contribution in [0.4, 0.5) is 0 Å². The third-order valence-electron chi connectivity index (χ3n) is 7.42. The summed E-state index contributed by atoms with van der Waals surface area (Å²) in [6.07, 6.45) is 10.2. The van der Waals surface area contributed by atoms with Crippen molar-refractivity contribution < 1.29 is 9.47 Å². The average Bonchev–Trinajstić information content (AvgIpc) is 2.98. The maximum atomic E-state index is 6.54. The summed E-state index contributed by atoms with van der Waals surface area (Å²) >= 11 is 0. The Morgan fingerprint density at radius 3 is 2.07 bits per heavy atom. The number of aryl methyl sites for hydroxylation is 2. The van der Waals surface area contributed by atoms with E-state index in [9.17, 15) is 0 Å². The van der Waals surface area contributed by atoms with Gasteiger partial charge in [0.15, 0.2) is 6.29 Å². The SMILES string of the molecule is CO[C@@H]1Cc2ccccc2C2(CCC(NC3CCc4ccccc4CC3)CC2)O1. The van der Waals surface area contributed by atoms with Crippen LogP contribution in [-0.4, -0.2) is 25.5 Å². The van der Waals surface area contributed by atoms with Crippen molar-refractivity contribution in [1.82, 2.24) is 5.32 Å². The second-order valence-corrected chi connectivity index (χ2v) is 9.12. The number of rotatable bonds is 3. The van der Waals surface area contributed by atoms with E-state index in [2.05, 4.69) is 53.8 Å². The van der Waals surface area contributed by atoms with Crippen molar-refractivity contribution >= 4 is 0 Å². The molecule has 1 heterocycles. The van der Waals surface area contributed by atoms with Crippen LogP contribution in [0.1, 0.15) is 60.8 Å². The van der Waals surface area contributed by atoms with Crippen molar-refractivity contribution in [2.75, 3.05) is 7.11 Å². The van der Waals surface area contributed by atoms with Crippen LogP contribution in [0.25, 0.3) is 0 Å². The molecule has 1 atom stereocenters. The van der Waals surface area contributed by atoms with Crippen LogP contribution in [0, 0.1) is 0 Å². The summed E-state index contributed by atoms with van der Waals surface area (Å²) in [5.41, 5.74) is 5.75. The van der Waals surface area contributed by atoms with Gasteiger partial charge in [-0.05, 0) is 73.6 Å². The molecule has 0 bridgehead atoms. The van der Waals surface area contributed by atoms with Gasteiger partial charge in [0.1, 0.15) is 0 Å². The smallest absolute Gasteiger partial charge is 0.162 e. The Morgan fingerprint density at radius 2 is 1.41 bits per heavy atom. The molecule has 1 spiro atoms. The van der Waals surface area contributed by atoms with Crippen molar-refractivity contribution in [2.45, 2.75) is 81.8 Å². The summed E-state index contributed by atoms with van der Waals surface area (Å²) in [7, 11) is 1.77. The summed E-state index contributed by atoms with van der Waals surface area (Å²) in [5.74, 6) is 0. The number of nitrogens with one attached hydrogen (secondary N) is 1. The van der Waals surface area contributed by atoms with Gasteiger partial charge in [0.25, 0.3) is 0 Å². The fourth-order valence-corrected chi connectivity index (χ4v) is 5.80. The highest BCUT2D eigenvalue weighted by Gasteiger charge is 2.44. The third-order valence-corrected chi connectivity index (χ3v) is 7.42. The van der Waals surface area contributed by atoms with E-state index in [4.69, 9.17) is 9.47 Å². The standard InChI is InChI=1S/C26H33NO2/c1-28-25-18-21-8-4-5-9-24(21)26(29-25)16-14-23(15-17-26)27-22-12-10-19-6-2-3-7-20(19)11-13-22/h2-9,22-23,25,27H,10-18H2,1H3/t23?,25-,26?/m0/s1. The van der Waals surface area contributed by atoms with Crippen LogP contribution < -0.4 is 5.32 Å². The number of ether oxygens (including phenoxy) is 2. The van der Waals surface area contributed by atoms with Crippen LogP contribution >= 0.6 is 0 Å². The van der Waals surface area contributed by atoms with Gasteiger partial charge in [-0.1, -0.05) is 48.5 Å².